The van der Waals surface area contributed by atoms with Crippen LogP contribution in [-0.2, 0) is 0 Å². The van der Waals surface area contributed by atoms with Gasteiger partial charge in [0.25, 0.3) is 5.91 Å². The van der Waals surface area contributed by atoms with Crippen molar-refractivity contribution >= 4 is 5.91 Å². The summed E-state index contributed by atoms with van der Waals surface area (Å²) in [7, 11) is 1.57. The molecule has 0 radical (unpaired) electrons. The Bertz CT molecular complexity index is 691. The number of carbonyl (C=O) groups is 1. The van der Waals surface area contributed by atoms with E-state index in [0.29, 0.717) is 12.2 Å². The van der Waals surface area contributed by atoms with Crippen LogP contribution in [0.2, 0.25) is 0 Å². The van der Waals surface area contributed by atoms with Gasteiger partial charge >= 0.3 is 6.61 Å². The van der Waals surface area contributed by atoms with E-state index in [1.165, 1.54) is 18.2 Å². The molecule has 2 aromatic carbocycles. The van der Waals surface area contributed by atoms with Crippen molar-refractivity contribution in [1.82, 2.24) is 5.32 Å². The number of halogens is 2. The van der Waals surface area contributed by atoms with Gasteiger partial charge < -0.3 is 14.8 Å². The Morgan fingerprint density at radius 3 is 2.58 bits per heavy atom. The van der Waals surface area contributed by atoms with Crippen LogP contribution in [0.15, 0.2) is 48.5 Å². The lowest BCUT2D eigenvalue weighted by molar-refractivity contribution is -0.0498. The largest absolute Gasteiger partial charge is 0.496 e. The molecule has 1 unspecified atom stereocenters. The van der Waals surface area contributed by atoms with Crippen molar-refractivity contribution in [3.05, 3.63) is 59.7 Å². The van der Waals surface area contributed by atoms with Gasteiger partial charge in [-0.1, -0.05) is 31.2 Å². The smallest absolute Gasteiger partial charge is 0.387 e. The van der Waals surface area contributed by atoms with Gasteiger partial charge in [-0.25, -0.2) is 0 Å². The summed E-state index contributed by atoms with van der Waals surface area (Å²) in [6, 6.07) is 12.9. The van der Waals surface area contributed by atoms with Crippen LogP contribution in [0.25, 0.3) is 0 Å². The van der Waals surface area contributed by atoms with Gasteiger partial charge in [-0.15, -0.1) is 0 Å². The molecule has 2 aromatic rings. The summed E-state index contributed by atoms with van der Waals surface area (Å²) < 4.78 is 34.2. The molecule has 0 aromatic heterocycles. The average Bonchev–Trinajstić information content (AvgIpc) is 2.59. The maximum atomic E-state index is 12.4. The van der Waals surface area contributed by atoms with Gasteiger partial charge in [0.05, 0.1) is 13.2 Å². The molecule has 0 aliphatic carbocycles. The molecule has 2 rings (SSSR count). The van der Waals surface area contributed by atoms with Crippen LogP contribution in [0.1, 0.15) is 35.3 Å². The highest BCUT2D eigenvalue weighted by molar-refractivity contribution is 5.94. The minimum atomic E-state index is -2.93. The number of rotatable bonds is 7. The fourth-order valence-electron chi connectivity index (χ4n) is 2.41. The van der Waals surface area contributed by atoms with Crippen molar-refractivity contribution in [2.24, 2.45) is 0 Å². The van der Waals surface area contributed by atoms with Crippen molar-refractivity contribution in [2.45, 2.75) is 26.0 Å². The van der Waals surface area contributed by atoms with Crippen LogP contribution in [0, 0.1) is 0 Å². The molecule has 24 heavy (non-hydrogen) atoms. The highest BCUT2D eigenvalue weighted by atomic mass is 19.3. The van der Waals surface area contributed by atoms with E-state index >= 15 is 0 Å². The van der Waals surface area contributed by atoms with Crippen LogP contribution in [0.3, 0.4) is 0 Å². The second-order valence-electron chi connectivity index (χ2n) is 5.08. The zero-order valence-corrected chi connectivity index (χ0v) is 13.5. The van der Waals surface area contributed by atoms with Gasteiger partial charge in [0.2, 0.25) is 0 Å². The first-order valence-corrected chi connectivity index (χ1v) is 7.53. The first-order valence-electron chi connectivity index (χ1n) is 7.53. The Kier molecular flexibility index (Phi) is 6.12. The van der Waals surface area contributed by atoms with E-state index in [0.717, 1.165) is 5.56 Å². The summed E-state index contributed by atoms with van der Waals surface area (Å²) in [6.07, 6.45) is 0.652. The van der Waals surface area contributed by atoms with Gasteiger partial charge in [0.1, 0.15) is 11.5 Å². The third-order valence-electron chi connectivity index (χ3n) is 3.55. The monoisotopic (exact) mass is 335 g/mol. The molecular weight excluding hydrogens is 316 g/mol. The van der Waals surface area contributed by atoms with Crippen molar-refractivity contribution in [2.75, 3.05) is 7.11 Å². The number of methoxy groups -OCH3 is 1. The van der Waals surface area contributed by atoms with E-state index < -0.39 is 6.61 Å². The average molecular weight is 335 g/mol. The molecule has 0 saturated heterocycles. The van der Waals surface area contributed by atoms with Gasteiger partial charge in [-0.3, -0.25) is 4.79 Å². The molecule has 0 bridgehead atoms. The van der Waals surface area contributed by atoms with E-state index in [2.05, 4.69) is 10.1 Å². The highest BCUT2D eigenvalue weighted by Crippen LogP contribution is 2.27. The minimum absolute atomic E-state index is 0.0528. The van der Waals surface area contributed by atoms with Crippen molar-refractivity contribution < 1.29 is 23.0 Å². The first-order chi connectivity index (χ1) is 11.5. The molecule has 0 saturated carbocycles. The molecule has 0 aliphatic rings. The second kappa shape index (κ2) is 8.29. The maximum Gasteiger partial charge on any atom is 0.387 e. The maximum absolute atomic E-state index is 12.4. The lowest BCUT2D eigenvalue weighted by atomic mass is 10.0. The molecular formula is C18H19F2NO3. The van der Waals surface area contributed by atoms with E-state index in [-0.39, 0.29) is 23.3 Å². The van der Waals surface area contributed by atoms with E-state index in [4.69, 9.17) is 4.74 Å². The Morgan fingerprint density at radius 2 is 1.92 bits per heavy atom. The number of ether oxygens (including phenoxy) is 2. The SMILES string of the molecule is CCC(NC(=O)c1cccc(OC(F)F)c1)c1ccccc1OC. The number of para-hydroxylation sites is 1. The quantitative estimate of drug-likeness (QED) is 0.826. The summed E-state index contributed by atoms with van der Waals surface area (Å²) in [5.74, 6) is 0.259. The second-order valence-corrected chi connectivity index (χ2v) is 5.08. The summed E-state index contributed by atoms with van der Waals surface area (Å²) in [5.41, 5.74) is 1.11. The molecule has 4 nitrogen and oxygen atoms in total. The standard InChI is InChI=1S/C18H19F2NO3/c1-3-15(14-9-4-5-10-16(14)23-2)21-17(22)12-7-6-8-13(11-12)24-18(19)20/h4-11,15,18H,3H2,1-2H3,(H,21,22). The summed E-state index contributed by atoms with van der Waals surface area (Å²) in [4.78, 5) is 12.4. The zero-order valence-electron chi connectivity index (χ0n) is 13.5. The van der Waals surface area contributed by atoms with Crippen LogP contribution in [-0.4, -0.2) is 19.6 Å². The topological polar surface area (TPSA) is 47.6 Å². The lowest BCUT2D eigenvalue weighted by Crippen LogP contribution is -2.28. The predicted molar refractivity (Wildman–Crippen MR) is 86.6 cm³/mol. The van der Waals surface area contributed by atoms with Crippen LogP contribution in [0.4, 0.5) is 8.78 Å². The van der Waals surface area contributed by atoms with Gasteiger partial charge in [-0.2, -0.15) is 8.78 Å². The minimum Gasteiger partial charge on any atom is -0.496 e. The molecule has 1 amide bonds. The first kappa shape index (κ1) is 17.7. The molecule has 0 fully saturated rings. The van der Waals surface area contributed by atoms with Crippen LogP contribution < -0.4 is 14.8 Å². The Hall–Kier alpha value is -2.63. The Balaban J connectivity index is 2.18. The number of carbonyl (C=O) groups excluding carboxylic acids is 1. The predicted octanol–water partition coefficient (Wildman–Crippen LogP) is 4.18. The normalized spacial score (nSPS) is 11.9. The van der Waals surface area contributed by atoms with E-state index in [1.807, 2.05) is 31.2 Å². The van der Waals surface area contributed by atoms with Gasteiger partial charge in [0.15, 0.2) is 0 Å². The molecule has 1 atom stereocenters. The van der Waals surface area contributed by atoms with Crippen LogP contribution in [0.5, 0.6) is 11.5 Å². The van der Waals surface area contributed by atoms with Gasteiger partial charge in [0, 0.05) is 11.1 Å². The third kappa shape index (κ3) is 4.44. The number of benzene rings is 2. The molecule has 128 valence electrons. The summed E-state index contributed by atoms with van der Waals surface area (Å²) in [6.45, 7) is -0.992. The molecule has 1 N–H and O–H groups in total. The summed E-state index contributed by atoms with van der Waals surface area (Å²) in [5, 5.41) is 2.89. The zero-order chi connectivity index (χ0) is 17.5. The summed E-state index contributed by atoms with van der Waals surface area (Å²) >= 11 is 0. The van der Waals surface area contributed by atoms with Crippen molar-refractivity contribution in [1.29, 1.82) is 0 Å². The number of alkyl halides is 2. The number of hydrogen-bond donors (Lipinski definition) is 1. The van der Waals surface area contributed by atoms with Crippen molar-refractivity contribution in [3.63, 3.8) is 0 Å². The lowest BCUT2D eigenvalue weighted by Gasteiger charge is -2.20. The fraction of sp³-hybridized carbons (Fsp3) is 0.278. The Labute approximate surface area is 139 Å². The van der Waals surface area contributed by atoms with Crippen LogP contribution >= 0.6 is 0 Å². The van der Waals surface area contributed by atoms with Gasteiger partial charge in [-0.05, 0) is 30.7 Å². The molecule has 0 aliphatic heterocycles. The highest BCUT2D eigenvalue weighted by Gasteiger charge is 2.18. The number of amides is 1. The van der Waals surface area contributed by atoms with Crippen molar-refractivity contribution in [3.8, 4) is 11.5 Å². The van der Waals surface area contributed by atoms with E-state index in [1.54, 1.807) is 13.2 Å². The molecule has 6 heteroatoms. The molecule has 0 spiro atoms. The number of nitrogens with one attached hydrogen (secondary N) is 1. The fourth-order valence-corrected chi connectivity index (χ4v) is 2.41. The third-order valence-corrected chi connectivity index (χ3v) is 3.55. The van der Waals surface area contributed by atoms with E-state index in [9.17, 15) is 13.6 Å². The Morgan fingerprint density at radius 1 is 1.17 bits per heavy atom. The number of hydrogen-bond acceptors (Lipinski definition) is 3. The molecule has 0 heterocycles.